The number of rotatable bonds is 8. The predicted octanol–water partition coefficient (Wildman–Crippen LogP) is 4.40. The molecule has 0 spiro atoms. The average Bonchev–Trinajstić information content (AvgIpc) is 3.18. The first-order chi connectivity index (χ1) is 15.6. The number of ether oxygens (including phenoxy) is 2. The Morgan fingerprint density at radius 3 is 2.66 bits per heavy atom. The highest BCUT2D eigenvalue weighted by Gasteiger charge is 2.33. The Kier molecular flexibility index (Phi) is 6.85. The summed E-state index contributed by atoms with van der Waals surface area (Å²) < 4.78 is 27.5. The quantitative estimate of drug-likeness (QED) is 0.489. The fraction of sp³-hybridized carbons (Fsp3) is 0.360. The number of benzene rings is 2. The van der Waals surface area contributed by atoms with Gasteiger partial charge in [0.05, 0.1) is 19.8 Å². The highest BCUT2D eigenvalue weighted by Crippen LogP contribution is 2.35. The predicted molar refractivity (Wildman–Crippen MR) is 120 cm³/mol. The maximum atomic E-state index is 14.5. The van der Waals surface area contributed by atoms with E-state index in [1.807, 2.05) is 18.2 Å². The summed E-state index contributed by atoms with van der Waals surface area (Å²) in [5.41, 5.74) is 1.97. The summed E-state index contributed by atoms with van der Waals surface area (Å²) in [6.07, 6.45) is 0. The normalized spacial score (nSPS) is 15.3. The minimum Gasteiger partial charge on any atom is -0.477 e. The van der Waals surface area contributed by atoms with Crippen LogP contribution >= 0.6 is 0 Å². The van der Waals surface area contributed by atoms with Crippen LogP contribution in [-0.2, 0) is 17.8 Å². The second-order valence-corrected chi connectivity index (χ2v) is 7.90. The van der Waals surface area contributed by atoms with Crippen molar-refractivity contribution < 1.29 is 18.7 Å². The van der Waals surface area contributed by atoms with Crippen molar-refractivity contribution in [1.29, 1.82) is 0 Å². The van der Waals surface area contributed by atoms with Gasteiger partial charge in [-0.15, -0.1) is 0 Å². The lowest BCUT2D eigenvalue weighted by Crippen LogP contribution is -2.37. The highest BCUT2D eigenvalue weighted by molar-refractivity contribution is 5.99. The van der Waals surface area contributed by atoms with Crippen LogP contribution in [0.15, 0.2) is 54.6 Å². The molecule has 0 saturated heterocycles. The van der Waals surface area contributed by atoms with Gasteiger partial charge in [-0.25, -0.2) is 13.9 Å². The lowest BCUT2D eigenvalue weighted by atomic mass is 10.1. The van der Waals surface area contributed by atoms with Crippen LogP contribution in [-0.4, -0.2) is 47.0 Å². The molecule has 0 N–H and O–H groups in total. The molecule has 1 aromatic heterocycles. The van der Waals surface area contributed by atoms with E-state index in [1.165, 1.54) is 11.6 Å². The molecule has 1 atom stereocenters. The summed E-state index contributed by atoms with van der Waals surface area (Å²) in [4.78, 5) is 15.1. The van der Waals surface area contributed by atoms with E-state index in [0.29, 0.717) is 19.0 Å². The molecule has 1 unspecified atom stereocenters. The van der Waals surface area contributed by atoms with Crippen LogP contribution in [0, 0.1) is 11.7 Å². The van der Waals surface area contributed by atoms with E-state index in [1.54, 1.807) is 29.8 Å². The topological polar surface area (TPSA) is 56.6 Å². The van der Waals surface area contributed by atoms with Crippen LogP contribution in [0.3, 0.4) is 0 Å². The summed E-state index contributed by atoms with van der Waals surface area (Å²) in [5, 5.41) is 4.58. The maximum absolute atomic E-state index is 14.5. The standard InChI is InChI=1S/C25H28FN3O3/c1-3-28(14-18-10-6-5-7-11-18)15-19-16-29-24(32-17-19)22(25(30)31-4-2)23(27-29)20-12-8-9-13-21(20)26/h5-13,19H,3-4,14-17H2,1-2H3. The van der Waals surface area contributed by atoms with Gasteiger partial charge in [0.1, 0.15) is 17.1 Å². The first-order valence-corrected chi connectivity index (χ1v) is 11.0. The van der Waals surface area contributed by atoms with Gasteiger partial charge in [0, 0.05) is 24.6 Å². The SMILES string of the molecule is CCOC(=O)c1c(-c2ccccc2F)nn2c1OCC(CN(CC)Cc1ccccc1)C2. The van der Waals surface area contributed by atoms with E-state index in [4.69, 9.17) is 9.47 Å². The van der Waals surface area contributed by atoms with Crippen LogP contribution in [0.2, 0.25) is 0 Å². The fourth-order valence-corrected chi connectivity index (χ4v) is 4.06. The number of esters is 1. The van der Waals surface area contributed by atoms with Crippen LogP contribution in [0.1, 0.15) is 29.8 Å². The van der Waals surface area contributed by atoms with Gasteiger partial charge in [0.15, 0.2) is 0 Å². The molecule has 1 aliphatic heterocycles. The van der Waals surface area contributed by atoms with Crippen molar-refractivity contribution in [2.24, 2.45) is 5.92 Å². The van der Waals surface area contributed by atoms with E-state index in [0.717, 1.165) is 19.6 Å². The molecule has 0 radical (unpaired) electrons. The minimum atomic E-state index is -0.551. The van der Waals surface area contributed by atoms with Gasteiger partial charge in [0.2, 0.25) is 5.88 Å². The van der Waals surface area contributed by atoms with Crippen molar-refractivity contribution in [2.75, 3.05) is 26.3 Å². The zero-order valence-electron chi connectivity index (χ0n) is 18.5. The average molecular weight is 438 g/mol. The van der Waals surface area contributed by atoms with Gasteiger partial charge in [-0.3, -0.25) is 4.90 Å². The third-order valence-corrected chi connectivity index (χ3v) is 5.61. The number of fused-ring (bicyclic) bond motifs is 1. The summed E-state index contributed by atoms with van der Waals surface area (Å²) in [7, 11) is 0. The molecule has 2 aromatic carbocycles. The Morgan fingerprint density at radius 2 is 1.94 bits per heavy atom. The van der Waals surface area contributed by atoms with Crippen molar-refractivity contribution in [3.63, 3.8) is 0 Å². The molecule has 2 heterocycles. The van der Waals surface area contributed by atoms with Crippen molar-refractivity contribution >= 4 is 5.97 Å². The van der Waals surface area contributed by atoms with Crippen molar-refractivity contribution in [2.45, 2.75) is 26.9 Å². The Balaban J connectivity index is 1.58. The molecule has 0 fully saturated rings. The Labute approximate surface area is 187 Å². The molecule has 0 saturated carbocycles. The summed E-state index contributed by atoms with van der Waals surface area (Å²) in [5.74, 6) is -0.451. The molecule has 0 amide bonds. The Morgan fingerprint density at radius 1 is 1.19 bits per heavy atom. The monoisotopic (exact) mass is 437 g/mol. The fourth-order valence-electron chi connectivity index (χ4n) is 4.06. The number of halogens is 1. The first kappa shape index (κ1) is 22.0. The molecule has 168 valence electrons. The zero-order valence-corrected chi connectivity index (χ0v) is 18.5. The third kappa shape index (κ3) is 4.67. The smallest absolute Gasteiger partial charge is 0.345 e. The summed E-state index contributed by atoms with van der Waals surface area (Å²) in [6.45, 7) is 7.73. The van der Waals surface area contributed by atoms with E-state index in [9.17, 15) is 9.18 Å². The molecule has 32 heavy (non-hydrogen) atoms. The van der Waals surface area contributed by atoms with Gasteiger partial charge in [0.25, 0.3) is 0 Å². The molecule has 0 aliphatic carbocycles. The Hall–Kier alpha value is -3.19. The number of aromatic nitrogens is 2. The molecule has 4 rings (SSSR count). The Bertz CT molecular complexity index is 1070. The van der Waals surface area contributed by atoms with Crippen LogP contribution in [0.25, 0.3) is 11.3 Å². The molecule has 1 aliphatic rings. The van der Waals surface area contributed by atoms with Crippen molar-refractivity contribution in [1.82, 2.24) is 14.7 Å². The van der Waals surface area contributed by atoms with Gasteiger partial charge in [-0.2, -0.15) is 5.10 Å². The maximum Gasteiger partial charge on any atom is 0.345 e. The molecule has 3 aromatic rings. The largest absolute Gasteiger partial charge is 0.477 e. The van der Waals surface area contributed by atoms with Gasteiger partial charge in [-0.05, 0) is 31.2 Å². The molecular formula is C25H28FN3O3. The lowest BCUT2D eigenvalue weighted by molar-refractivity contribution is 0.0514. The molecule has 7 heteroatoms. The number of carbonyl (C=O) groups is 1. The van der Waals surface area contributed by atoms with E-state index < -0.39 is 11.8 Å². The minimum absolute atomic E-state index is 0.187. The van der Waals surface area contributed by atoms with Crippen molar-refractivity contribution in [3.8, 4) is 17.1 Å². The van der Waals surface area contributed by atoms with Crippen molar-refractivity contribution in [3.05, 3.63) is 71.5 Å². The van der Waals surface area contributed by atoms with Crippen LogP contribution in [0.4, 0.5) is 4.39 Å². The zero-order chi connectivity index (χ0) is 22.5. The second kappa shape index (κ2) is 9.96. The molecule has 0 bridgehead atoms. The first-order valence-electron chi connectivity index (χ1n) is 11.0. The third-order valence-electron chi connectivity index (χ3n) is 5.61. The summed E-state index contributed by atoms with van der Waals surface area (Å²) in [6, 6.07) is 16.7. The van der Waals surface area contributed by atoms with Crippen LogP contribution < -0.4 is 4.74 Å². The van der Waals surface area contributed by atoms with E-state index >= 15 is 0 Å². The number of hydrogen-bond acceptors (Lipinski definition) is 5. The van der Waals surface area contributed by atoms with Gasteiger partial charge in [-0.1, -0.05) is 49.4 Å². The molecular weight excluding hydrogens is 409 g/mol. The highest BCUT2D eigenvalue weighted by atomic mass is 19.1. The number of carbonyl (C=O) groups excluding carboxylic acids is 1. The number of hydrogen-bond donors (Lipinski definition) is 0. The second-order valence-electron chi connectivity index (χ2n) is 7.90. The summed E-state index contributed by atoms with van der Waals surface area (Å²) >= 11 is 0. The lowest BCUT2D eigenvalue weighted by Gasteiger charge is -2.29. The number of nitrogens with zero attached hydrogens (tertiary/aromatic N) is 3. The molecule has 6 nitrogen and oxygen atoms in total. The van der Waals surface area contributed by atoms with Gasteiger partial charge >= 0.3 is 5.97 Å². The van der Waals surface area contributed by atoms with E-state index in [2.05, 4.69) is 29.1 Å². The van der Waals surface area contributed by atoms with Gasteiger partial charge < -0.3 is 9.47 Å². The van der Waals surface area contributed by atoms with Crippen LogP contribution in [0.5, 0.6) is 5.88 Å². The van der Waals surface area contributed by atoms with E-state index in [-0.39, 0.29) is 29.3 Å².